The molecule has 23 heteroatoms. The number of hydrogen-bond donors (Lipinski definition) is 5. The molecule has 2 amide bonds. The van der Waals surface area contributed by atoms with Gasteiger partial charge in [-0.05, 0) is 77.1 Å². The standard InChI is InChI=1S/C52H57F3N14O6/c1-31(27-70)60-49-65-42(24-46(66-49)69-13-17-74-18-14-69)40-22-38(63-47(71)34-7-6-8-36(19-34)52(53,54)55)26-59-43(40)29-75-28-32(2)61-50-64-41(23-45(67-50)68-11-15-73-16-12-68)39-21-37(25-58-33(39)3)62-48(72)35-9-10-57-44(20-35)51(4,5)30-56/h6-10,19-26,31-32,70H,11-18,27-29H2,1-5H3,(H,62,72)(H,63,71)(H,60,65,66)(H,61,64,67)/t31-,32-/m1/s1. The van der Waals surface area contributed by atoms with Crippen LogP contribution in [-0.4, -0.2) is 130 Å². The van der Waals surface area contributed by atoms with Crippen molar-refractivity contribution in [2.45, 2.75) is 64.9 Å². The zero-order chi connectivity index (χ0) is 53.3. The van der Waals surface area contributed by atoms with Crippen LogP contribution in [0.4, 0.5) is 48.1 Å². The Kier molecular flexibility index (Phi) is 16.7. The van der Waals surface area contributed by atoms with Crippen molar-refractivity contribution in [2.75, 3.05) is 96.9 Å². The van der Waals surface area contributed by atoms with Gasteiger partial charge in [-0.2, -0.15) is 28.4 Å². The number of pyridine rings is 3. The van der Waals surface area contributed by atoms with Gasteiger partial charge in [0, 0.05) is 84.5 Å². The van der Waals surface area contributed by atoms with Crippen LogP contribution >= 0.6 is 0 Å². The Morgan fingerprint density at radius 1 is 0.760 bits per heavy atom. The summed E-state index contributed by atoms with van der Waals surface area (Å²) in [6.07, 6.45) is -0.194. The van der Waals surface area contributed by atoms with Crippen molar-refractivity contribution in [2.24, 2.45) is 0 Å². The van der Waals surface area contributed by atoms with Crippen molar-refractivity contribution in [3.63, 3.8) is 0 Å². The number of carbonyl (C=O) groups excluding carboxylic acids is 2. The molecular weight excluding hydrogens is 974 g/mol. The molecule has 7 heterocycles. The number of aliphatic hydroxyl groups excluding tert-OH is 1. The van der Waals surface area contributed by atoms with Gasteiger partial charge in [-0.1, -0.05) is 6.07 Å². The highest BCUT2D eigenvalue weighted by molar-refractivity contribution is 6.05. The first-order chi connectivity index (χ1) is 36.0. The van der Waals surface area contributed by atoms with E-state index in [9.17, 15) is 33.1 Å². The number of nitrogens with one attached hydrogen (secondary N) is 4. The van der Waals surface area contributed by atoms with Crippen molar-refractivity contribution in [3.8, 4) is 28.6 Å². The van der Waals surface area contributed by atoms with Crippen LogP contribution in [0, 0.1) is 18.3 Å². The van der Waals surface area contributed by atoms with Crippen LogP contribution in [0.1, 0.15) is 71.1 Å². The van der Waals surface area contributed by atoms with E-state index in [-0.39, 0.29) is 43.1 Å². The van der Waals surface area contributed by atoms with Gasteiger partial charge in [0.05, 0.1) is 110 Å². The fourth-order valence-electron chi connectivity index (χ4n) is 8.02. The fraction of sp³-hybridized carbons (Fsp3) is 0.385. The average Bonchev–Trinajstić information content (AvgIpc) is 3.42. The Balaban J connectivity index is 1.05. The molecule has 2 aliphatic heterocycles. The van der Waals surface area contributed by atoms with Crippen LogP contribution in [0.25, 0.3) is 22.5 Å². The van der Waals surface area contributed by atoms with E-state index in [0.717, 1.165) is 12.1 Å². The van der Waals surface area contributed by atoms with Crippen LogP contribution in [0.15, 0.2) is 79.3 Å². The van der Waals surface area contributed by atoms with E-state index in [0.29, 0.717) is 121 Å². The molecule has 0 bridgehead atoms. The number of aliphatic hydroxyl groups is 1. The minimum atomic E-state index is -4.65. The van der Waals surface area contributed by atoms with Gasteiger partial charge in [0.1, 0.15) is 11.6 Å². The number of amides is 2. The van der Waals surface area contributed by atoms with Crippen LogP contribution in [0.3, 0.4) is 0 Å². The monoisotopic (exact) mass is 1030 g/mol. The summed E-state index contributed by atoms with van der Waals surface area (Å²) in [5.74, 6) is 0.563. The molecule has 6 aromatic rings. The normalized spacial score (nSPS) is 14.9. The number of halogens is 3. The smallest absolute Gasteiger partial charge is 0.394 e. The van der Waals surface area contributed by atoms with E-state index in [1.165, 1.54) is 24.5 Å². The number of nitriles is 1. The number of nitrogens with zero attached hydrogens (tertiary/aromatic N) is 10. The van der Waals surface area contributed by atoms with Crippen molar-refractivity contribution in [1.29, 1.82) is 5.26 Å². The van der Waals surface area contributed by atoms with Gasteiger partial charge in [-0.15, -0.1) is 0 Å². The molecule has 0 saturated carbocycles. The summed E-state index contributed by atoms with van der Waals surface area (Å²) in [4.78, 5) is 64.0. The van der Waals surface area contributed by atoms with E-state index in [2.05, 4.69) is 47.2 Å². The van der Waals surface area contributed by atoms with Crippen LogP contribution in [0.2, 0.25) is 0 Å². The topological polar surface area (TPSA) is 251 Å². The average molecular weight is 1030 g/mol. The molecule has 1 aromatic carbocycles. The number of rotatable bonds is 18. The first-order valence-corrected chi connectivity index (χ1v) is 24.3. The summed E-state index contributed by atoms with van der Waals surface area (Å²) in [6, 6.07) is 15.8. The molecule has 0 unspecified atom stereocenters. The zero-order valence-electron chi connectivity index (χ0n) is 42.0. The van der Waals surface area contributed by atoms with E-state index in [4.69, 9.17) is 34.1 Å². The fourth-order valence-corrected chi connectivity index (χ4v) is 8.02. The lowest BCUT2D eigenvalue weighted by atomic mass is 9.90. The van der Waals surface area contributed by atoms with Gasteiger partial charge >= 0.3 is 6.18 Å². The molecule has 2 atom stereocenters. The lowest BCUT2D eigenvalue weighted by molar-refractivity contribution is -0.137. The Hall–Kier alpha value is -7.91. The lowest BCUT2D eigenvalue weighted by Gasteiger charge is -2.28. The molecule has 5 N–H and O–H groups in total. The molecule has 8 rings (SSSR count). The first kappa shape index (κ1) is 53.4. The number of ether oxygens (including phenoxy) is 3. The Morgan fingerprint density at radius 2 is 1.32 bits per heavy atom. The SMILES string of the molecule is Cc1ncc(NC(=O)c2ccnc(C(C)(C)C#N)c2)cc1-c1cc(N2CCOCC2)nc(N[C@H](C)COCc2ncc(NC(=O)c3cccc(C(F)(F)F)c3)cc2-c2cc(N3CCOCC3)nc(N[C@H](C)CO)n2)n1. The largest absolute Gasteiger partial charge is 0.416 e. The van der Waals surface area contributed by atoms with Crippen molar-refractivity contribution >= 4 is 46.7 Å². The number of benzene rings is 1. The predicted molar refractivity (Wildman–Crippen MR) is 274 cm³/mol. The molecule has 20 nitrogen and oxygen atoms in total. The van der Waals surface area contributed by atoms with Crippen LogP contribution in [-0.2, 0) is 32.4 Å². The van der Waals surface area contributed by atoms with E-state index in [1.807, 2.05) is 24.8 Å². The van der Waals surface area contributed by atoms with Crippen LogP contribution in [0.5, 0.6) is 0 Å². The minimum absolute atomic E-state index is 0.0455. The summed E-state index contributed by atoms with van der Waals surface area (Å²) in [7, 11) is 0. The van der Waals surface area contributed by atoms with Gasteiger partial charge in [0.25, 0.3) is 11.8 Å². The van der Waals surface area contributed by atoms with Gasteiger partial charge in [0.2, 0.25) is 11.9 Å². The Morgan fingerprint density at radius 3 is 1.91 bits per heavy atom. The molecular formula is C52H57F3N14O6. The first-order valence-electron chi connectivity index (χ1n) is 24.3. The molecule has 0 spiro atoms. The maximum absolute atomic E-state index is 13.6. The van der Waals surface area contributed by atoms with Gasteiger partial charge < -0.3 is 50.4 Å². The quantitative estimate of drug-likeness (QED) is 0.0587. The van der Waals surface area contributed by atoms with Crippen LogP contribution < -0.4 is 31.1 Å². The summed E-state index contributed by atoms with van der Waals surface area (Å²) < 4.78 is 58.3. The van der Waals surface area contributed by atoms with Gasteiger partial charge in [0.15, 0.2) is 0 Å². The summed E-state index contributed by atoms with van der Waals surface area (Å²) in [5, 5.41) is 31.7. The number of carbonyl (C=O) groups is 2. The molecule has 392 valence electrons. The van der Waals surface area contributed by atoms with Crippen molar-refractivity contribution < 1.29 is 42.1 Å². The Bertz CT molecular complexity index is 3050. The lowest BCUT2D eigenvalue weighted by Crippen LogP contribution is -2.37. The van der Waals surface area contributed by atoms with E-state index in [1.54, 1.807) is 57.3 Å². The molecule has 2 saturated heterocycles. The second kappa shape index (κ2) is 23.5. The highest BCUT2D eigenvalue weighted by Crippen LogP contribution is 2.33. The summed E-state index contributed by atoms with van der Waals surface area (Å²) in [5.41, 5.74) is 2.45. The third-order valence-electron chi connectivity index (χ3n) is 12.2. The maximum atomic E-state index is 13.6. The third kappa shape index (κ3) is 13.6. The summed E-state index contributed by atoms with van der Waals surface area (Å²) in [6.45, 7) is 13.1. The number of aryl methyl sites for hydroxylation is 1. The van der Waals surface area contributed by atoms with E-state index >= 15 is 0 Å². The number of aromatic nitrogens is 7. The molecule has 75 heavy (non-hydrogen) atoms. The van der Waals surface area contributed by atoms with Gasteiger partial charge in [-0.25, -0.2) is 9.97 Å². The summed E-state index contributed by atoms with van der Waals surface area (Å²) >= 11 is 0. The number of hydrogen-bond acceptors (Lipinski definition) is 18. The predicted octanol–water partition coefficient (Wildman–Crippen LogP) is 6.90. The second-order valence-corrected chi connectivity index (χ2v) is 18.6. The second-order valence-electron chi connectivity index (χ2n) is 18.6. The number of alkyl halides is 3. The van der Waals surface area contributed by atoms with E-state index < -0.39 is 35.0 Å². The molecule has 5 aromatic heterocycles. The molecule has 2 fully saturated rings. The highest BCUT2D eigenvalue weighted by atomic mass is 19.4. The number of morpholine rings is 2. The van der Waals surface area contributed by atoms with Crippen molar-refractivity contribution in [1.82, 2.24) is 34.9 Å². The minimum Gasteiger partial charge on any atom is -0.394 e. The molecule has 2 aliphatic rings. The molecule has 0 aliphatic carbocycles. The number of anilines is 6. The van der Waals surface area contributed by atoms with Gasteiger partial charge in [-0.3, -0.25) is 24.5 Å². The molecule has 0 radical (unpaired) electrons. The zero-order valence-corrected chi connectivity index (χ0v) is 42.0. The van der Waals surface area contributed by atoms with Crippen molar-refractivity contribution in [3.05, 3.63) is 113 Å². The maximum Gasteiger partial charge on any atom is 0.416 e. The third-order valence-corrected chi connectivity index (χ3v) is 12.2. The Labute approximate surface area is 431 Å². The highest BCUT2D eigenvalue weighted by Gasteiger charge is 2.31.